The Labute approximate surface area is 204 Å². The molecule has 1 aromatic rings. The highest BCUT2D eigenvalue weighted by molar-refractivity contribution is 14.0. The summed E-state index contributed by atoms with van der Waals surface area (Å²) in [6, 6.07) is 8.16. The number of guanidine groups is 1. The fourth-order valence-corrected chi connectivity index (χ4v) is 4.45. The quantitative estimate of drug-likeness (QED) is 0.215. The first-order chi connectivity index (χ1) is 14.8. The molecule has 8 heteroatoms. The van der Waals surface area contributed by atoms with Gasteiger partial charge in [0.1, 0.15) is 12.4 Å². The molecule has 0 unspecified atom stereocenters. The second kappa shape index (κ2) is 14.1. The summed E-state index contributed by atoms with van der Waals surface area (Å²) in [5, 5.41) is 7.06. The van der Waals surface area contributed by atoms with Crippen LogP contribution in [0.3, 0.4) is 0 Å². The van der Waals surface area contributed by atoms with Crippen LogP contribution in [0.4, 0.5) is 0 Å². The number of morpholine rings is 1. The van der Waals surface area contributed by atoms with E-state index < -0.39 is 0 Å². The summed E-state index contributed by atoms with van der Waals surface area (Å²) in [5.41, 5.74) is 1.42. The van der Waals surface area contributed by atoms with Gasteiger partial charge in [0.05, 0.1) is 19.8 Å². The molecular weight excluding hydrogens is 507 g/mol. The lowest BCUT2D eigenvalue weighted by molar-refractivity contribution is -0.0352. The third kappa shape index (κ3) is 8.07. The molecule has 0 aromatic heterocycles. The topological polar surface area (TPSA) is 67.4 Å². The Balaban J connectivity index is 0.00000341. The Hall–Kier alpha value is -1.10. The number of benzene rings is 1. The zero-order valence-electron chi connectivity index (χ0n) is 19.0. The largest absolute Gasteiger partial charge is 0.491 e. The summed E-state index contributed by atoms with van der Waals surface area (Å²) < 4.78 is 16.2. The Morgan fingerprint density at radius 3 is 2.42 bits per heavy atom. The molecule has 3 rings (SSSR count). The van der Waals surface area contributed by atoms with Crippen LogP contribution >= 0.6 is 24.0 Å². The summed E-state index contributed by atoms with van der Waals surface area (Å²) in [6.07, 6.45) is 6.47. The SMILES string of the molecule is CN=C(NCc1ccc(OCCOC)cc1)NCC1(N2CCOCC2)CCCCC1.I. The number of aliphatic imine (C=N–C) groups is 1. The lowest BCUT2D eigenvalue weighted by Crippen LogP contribution is -2.60. The van der Waals surface area contributed by atoms with Crippen LogP contribution in [0.15, 0.2) is 29.3 Å². The summed E-state index contributed by atoms with van der Waals surface area (Å²) >= 11 is 0. The van der Waals surface area contributed by atoms with E-state index in [1.165, 1.54) is 37.7 Å². The van der Waals surface area contributed by atoms with Crippen LogP contribution in [0.5, 0.6) is 5.75 Å². The van der Waals surface area contributed by atoms with Crippen molar-refractivity contribution < 1.29 is 14.2 Å². The highest BCUT2D eigenvalue weighted by Crippen LogP contribution is 2.33. The van der Waals surface area contributed by atoms with E-state index in [-0.39, 0.29) is 29.5 Å². The molecule has 1 saturated heterocycles. The van der Waals surface area contributed by atoms with E-state index in [2.05, 4.69) is 32.7 Å². The first-order valence-corrected chi connectivity index (χ1v) is 11.2. The maximum Gasteiger partial charge on any atom is 0.191 e. The first kappa shape index (κ1) is 26.2. The fourth-order valence-electron chi connectivity index (χ4n) is 4.45. The molecule has 0 amide bonds. The van der Waals surface area contributed by atoms with Crippen LogP contribution in [0.25, 0.3) is 0 Å². The van der Waals surface area contributed by atoms with Crippen LogP contribution < -0.4 is 15.4 Å². The Morgan fingerprint density at radius 1 is 1.06 bits per heavy atom. The maximum absolute atomic E-state index is 5.63. The third-order valence-electron chi connectivity index (χ3n) is 6.21. The first-order valence-electron chi connectivity index (χ1n) is 11.2. The van der Waals surface area contributed by atoms with Gasteiger partial charge in [0.2, 0.25) is 0 Å². The monoisotopic (exact) mass is 546 g/mol. The number of halogens is 1. The van der Waals surface area contributed by atoms with Crippen molar-refractivity contribution in [2.24, 2.45) is 4.99 Å². The predicted octanol–water partition coefficient (Wildman–Crippen LogP) is 3.03. The van der Waals surface area contributed by atoms with E-state index in [4.69, 9.17) is 14.2 Å². The number of methoxy groups -OCH3 is 1. The third-order valence-corrected chi connectivity index (χ3v) is 6.21. The summed E-state index contributed by atoms with van der Waals surface area (Å²) in [4.78, 5) is 7.09. The smallest absolute Gasteiger partial charge is 0.191 e. The molecule has 1 aromatic carbocycles. The van der Waals surface area contributed by atoms with Crippen molar-refractivity contribution in [1.82, 2.24) is 15.5 Å². The van der Waals surface area contributed by atoms with Gasteiger partial charge in [0.25, 0.3) is 0 Å². The summed E-state index contributed by atoms with van der Waals surface area (Å²) in [6.45, 7) is 6.58. The lowest BCUT2D eigenvalue weighted by atomic mass is 9.80. The van der Waals surface area contributed by atoms with Crippen LogP contribution in [0, 0.1) is 0 Å². The molecule has 2 aliphatic rings. The number of nitrogens with zero attached hydrogens (tertiary/aromatic N) is 2. The molecule has 0 radical (unpaired) electrons. The van der Waals surface area contributed by atoms with Gasteiger partial charge in [-0.1, -0.05) is 31.4 Å². The average molecular weight is 546 g/mol. The Morgan fingerprint density at radius 2 is 1.77 bits per heavy atom. The van der Waals surface area contributed by atoms with Gasteiger partial charge in [-0.3, -0.25) is 9.89 Å². The predicted molar refractivity (Wildman–Crippen MR) is 136 cm³/mol. The molecular formula is C23H39IN4O3. The lowest BCUT2D eigenvalue weighted by Gasteiger charge is -2.48. The molecule has 1 aliphatic heterocycles. The van der Waals surface area contributed by atoms with Crippen molar-refractivity contribution >= 4 is 29.9 Å². The molecule has 1 aliphatic carbocycles. The molecule has 31 heavy (non-hydrogen) atoms. The van der Waals surface area contributed by atoms with Gasteiger partial charge in [-0.15, -0.1) is 24.0 Å². The van der Waals surface area contributed by atoms with Gasteiger partial charge in [-0.2, -0.15) is 0 Å². The van der Waals surface area contributed by atoms with Gasteiger partial charge < -0.3 is 24.8 Å². The molecule has 2 fully saturated rings. The van der Waals surface area contributed by atoms with E-state index in [1.807, 2.05) is 19.2 Å². The van der Waals surface area contributed by atoms with Gasteiger partial charge in [0.15, 0.2) is 5.96 Å². The van der Waals surface area contributed by atoms with E-state index in [1.54, 1.807) is 7.11 Å². The number of nitrogens with one attached hydrogen (secondary N) is 2. The Kier molecular flexibility index (Phi) is 11.9. The summed E-state index contributed by atoms with van der Waals surface area (Å²) in [7, 11) is 3.51. The van der Waals surface area contributed by atoms with Crippen LogP contribution in [0.1, 0.15) is 37.7 Å². The van der Waals surface area contributed by atoms with Gasteiger partial charge in [-0.25, -0.2) is 0 Å². The van der Waals surface area contributed by atoms with Crippen molar-refractivity contribution in [1.29, 1.82) is 0 Å². The highest BCUT2D eigenvalue weighted by atomic mass is 127. The number of rotatable bonds is 9. The maximum atomic E-state index is 5.63. The van der Waals surface area contributed by atoms with E-state index in [0.29, 0.717) is 13.2 Å². The molecule has 0 bridgehead atoms. The zero-order chi connectivity index (χ0) is 21.1. The van der Waals surface area contributed by atoms with Gasteiger partial charge >= 0.3 is 0 Å². The van der Waals surface area contributed by atoms with Crippen molar-refractivity contribution in [3.8, 4) is 5.75 Å². The molecule has 0 spiro atoms. The summed E-state index contributed by atoms with van der Waals surface area (Å²) in [5.74, 6) is 1.72. The molecule has 7 nitrogen and oxygen atoms in total. The average Bonchev–Trinajstić information content (AvgIpc) is 2.81. The van der Waals surface area contributed by atoms with Crippen LogP contribution in [-0.2, 0) is 16.0 Å². The second-order valence-corrected chi connectivity index (χ2v) is 8.15. The second-order valence-electron chi connectivity index (χ2n) is 8.15. The zero-order valence-corrected chi connectivity index (χ0v) is 21.4. The van der Waals surface area contributed by atoms with Crippen molar-refractivity contribution in [2.45, 2.75) is 44.2 Å². The van der Waals surface area contributed by atoms with Crippen molar-refractivity contribution in [2.75, 3.05) is 60.2 Å². The normalized spacial score (nSPS) is 19.4. The van der Waals surface area contributed by atoms with Crippen molar-refractivity contribution in [3.63, 3.8) is 0 Å². The van der Waals surface area contributed by atoms with Gasteiger partial charge in [-0.05, 0) is 30.5 Å². The molecule has 176 valence electrons. The van der Waals surface area contributed by atoms with E-state index in [9.17, 15) is 0 Å². The minimum atomic E-state index is 0. The molecule has 1 saturated carbocycles. The number of hydrogen-bond donors (Lipinski definition) is 2. The minimum Gasteiger partial charge on any atom is -0.491 e. The molecule has 0 atom stereocenters. The highest BCUT2D eigenvalue weighted by Gasteiger charge is 2.38. The minimum absolute atomic E-state index is 0. The van der Waals surface area contributed by atoms with Gasteiger partial charge in [0, 0.05) is 45.9 Å². The van der Waals surface area contributed by atoms with Crippen LogP contribution in [0.2, 0.25) is 0 Å². The fraction of sp³-hybridized carbons (Fsp3) is 0.696. The number of hydrogen-bond acceptors (Lipinski definition) is 5. The molecule has 1 heterocycles. The van der Waals surface area contributed by atoms with E-state index in [0.717, 1.165) is 51.1 Å². The Bertz CT molecular complexity index is 645. The van der Waals surface area contributed by atoms with E-state index >= 15 is 0 Å². The molecule has 2 N–H and O–H groups in total. The van der Waals surface area contributed by atoms with Crippen LogP contribution in [-0.4, -0.2) is 76.6 Å². The van der Waals surface area contributed by atoms with Crippen molar-refractivity contribution in [3.05, 3.63) is 29.8 Å². The number of ether oxygens (including phenoxy) is 3. The standard InChI is InChI=1S/C23H38N4O3.HI/c1-24-22(25-18-20-6-8-21(9-7-20)30-17-16-28-2)26-19-23(10-4-3-5-11-23)27-12-14-29-15-13-27;/h6-9H,3-5,10-19H2,1-2H3,(H2,24,25,26);1H.